The quantitative estimate of drug-likeness (QED) is 0.908. The zero-order valence-electron chi connectivity index (χ0n) is 12.0. The van der Waals surface area contributed by atoms with Crippen LogP contribution in [0.2, 0.25) is 0 Å². The highest BCUT2D eigenvalue weighted by atomic mass is 16.4. The van der Waals surface area contributed by atoms with Gasteiger partial charge in [-0.05, 0) is 25.7 Å². The van der Waals surface area contributed by atoms with Crippen molar-refractivity contribution in [3.63, 3.8) is 0 Å². The molecule has 1 saturated carbocycles. The van der Waals surface area contributed by atoms with Gasteiger partial charge < -0.3 is 9.67 Å². The topological polar surface area (TPSA) is 68.0 Å². The first-order valence-electron chi connectivity index (χ1n) is 7.16. The number of aryl methyl sites for hydroxylation is 1. The van der Waals surface area contributed by atoms with Gasteiger partial charge in [0.05, 0.1) is 0 Å². The van der Waals surface area contributed by atoms with E-state index in [2.05, 4.69) is 10.2 Å². The molecule has 2 rings (SSSR count). The van der Waals surface area contributed by atoms with Gasteiger partial charge in [-0.2, -0.15) is 0 Å². The Kier molecular flexibility index (Phi) is 4.22. The Bertz CT molecular complexity index is 448. The molecule has 5 nitrogen and oxygen atoms in total. The third-order valence-corrected chi connectivity index (χ3v) is 4.03. The number of carbonyl (C=O) groups is 1. The molecule has 0 spiro atoms. The number of hydrogen-bond donors (Lipinski definition) is 1. The zero-order chi connectivity index (χ0) is 14.0. The van der Waals surface area contributed by atoms with Gasteiger partial charge in [-0.25, -0.2) is 4.79 Å². The van der Waals surface area contributed by atoms with Crippen LogP contribution in [0.5, 0.6) is 0 Å². The van der Waals surface area contributed by atoms with Crippen molar-refractivity contribution >= 4 is 5.97 Å². The van der Waals surface area contributed by atoms with Crippen LogP contribution >= 0.6 is 0 Å². The number of carboxylic acids is 1. The number of nitrogens with zero attached hydrogens (tertiary/aromatic N) is 3. The Morgan fingerprint density at radius 2 is 1.89 bits per heavy atom. The third-order valence-electron chi connectivity index (χ3n) is 4.03. The minimum atomic E-state index is -0.796. The maximum Gasteiger partial charge on any atom is 0.327 e. The summed E-state index contributed by atoms with van der Waals surface area (Å²) in [6.07, 6.45) is 5.88. The van der Waals surface area contributed by atoms with Crippen LogP contribution in [0.15, 0.2) is 0 Å². The molecule has 1 unspecified atom stereocenters. The lowest BCUT2D eigenvalue weighted by molar-refractivity contribution is -0.142. The summed E-state index contributed by atoms with van der Waals surface area (Å²) < 4.78 is 1.85. The monoisotopic (exact) mass is 265 g/mol. The average Bonchev–Trinajstić information content (AvgIpc) is 2.72. The molecule has 1 aromatic heterocycles. The third kappa shape index (κ3) is 2.80. The van der Waals surface area contributed by atoms with Gasteiger partial charge in [0, 0.05) is 5.92 Å². The van der Waals surface area contributed by atoms with E-state index in [0.29, 0.717) is 11.7 Å². The number of carboxylic acid groups (broad SMARTS) is 1. The van der Waals surface area contributed by atoms with Crippen LogP contribution in [0.3, 0.4) is 0 Å². The number of aromatic nitrogens is 3. The fourth-order valence-corrected chi connectivity index (χ4v) is 3.06. The van der Waals surface area contributed by atoms with Crippen molar-refractivity contribution in [1.82, 2.24) is 14.8 Å². The first kappa shape index (κ1) is 14.0. The fourth-order valence-electron chi connectivity index (χ4n) is 3.06. The van der Waals surface area contributed by atoms with Crippen molar-refractivity contribution in [2.75, 3.05) is 0 Å². The first-order chi connectivity index (χ1) is 9.02. The Morgan fingerprint density at radius 1 is 1.26 bits per heavy atom. The second kappa shape index (κ2) is 5.72. The Balaban J connectivity index is 2.38. The predicted molar refractivity (Wildman–Crippen MR) is 72.1 cm³/mol. The van der Waals surface area contributed by atoms with Crippen molar-refractivity contribution in [3.05, 3.63) is 11.6 Å². The molecule has 19 heavy (non-hydrogen) atoms. The summed E-state index contributed by atoms with van der Waals surface area (Å²) in [6, 6.07) is -0.563. The summed E-state index contributed by atoms with van der Waals surface area (Å²) in [6.45, 7) is 5.71. The molecular weight excluding hydrogens is 242 g/mol. The van der Waals surface area contributed by atoms with Gasteiger partial charge in [-0.3, -0.25) is 0 Å². The summed E-state index contributed by atoms with van der Waals surface area (Å²) in [5.41, 5.74) is 0. The molecular formula is C14H23N3O2. The summed E-state index contributed by atoms with van der Waals surface area (Å²) in [5, 5.41) is 17.9. The van der Waals surface area contributed by atoms with E-state index in [4.69, 9.17) is 0 Å². The number of rotatable bonds is 4. The highest BCUT2D eigenvalue weighted by Gasteiger charge is 2.31. The van der Waals surface area contributed by atoms with Crippen LogP contribution in [0.1, 0.15) is 69.6 Å². The van der Waals surface area contributed by atoms with Crippen LogP contribution in [-0.2, 0) is 4.79 Å². The lowest BCUT2D eigenvalue weighted by atomic mass is 9.88. The maximum absolute atomic E-state index is 11.6. The second-order valence-corrected chi connectivity index (χ2v) is 5.84. The van der Waals surface area contributed by atoms with E-state index in [0.717, 1.165) is 18.7 Å². The minimum absolute atomic E-state index is 0.0227. The minimum Gasteiger partial charge on any atom is -0.480 e. The van der Waals surface area contributed by atoms with E-state index in [9.17, 15) is 9.90 Å². The highest BCUT2D eigenvalue weighted by molar-refractivity contribution is 5.72. The predicted octanol–water partition coefficient (Wildman–Crippen LogP) is 2.92. The van der Waals surface area contributed by atoms with Crippen LogP contribution in [-0.4, -0.2) is 25.8 Å². The van der Waals surface area contributed by atoms with Crippen LogP contribution in [0.25, 0.3) is 0 Å². The maximum atomic E-state index is 11.6. The molecule has 1 heterocycles. The van der Waals surface area contributed by atoms with Crippen molar-refractivity contribution in [2.24, 2.45) is 5.92 Å². The SMILES string of the molecule is Cc1nnc(C2CCCCC2)n1C(C(=O)O)C(C)C. The normalized spacial score (nSPS) is 18.7. The molecule has 5 heteroatoms. The van der Waals surface area contributed by atoms with E-state index < -0.39 is 12.0 Å². The van der Waals surface area contributed by atoms with Crippen molar-refractivity contribution < 1.29 is 9.90 Å². The number of aliphatic carboxylic acids is 1. The van der Waals surface area contributed by atoms with Gasteiger partial charge in [-0.1, -0.05) is 33.1 Å². The smallest absolute Gasteiger partial charge is 0.327 e. The number of hydrogen-bond acceptors (Lipinski definition) is 3. The van der Waals surface area contributed by atoms with Crippen LogP contribution in [0, 0.1) is 12.8 Å². The van der Waals surface area contributed by atoms with Gasteiger partial charge in [0.1, 0.15) is 17.7 Å². The molecule has 1 aromatic rings. The highest BCUT2D eigenvalue weighted by Crippen LogP contribution is 2.34. The molecule has 106 valence electrons. The molecule has 1 aliphatic rings. The Hall–Kier alpha value is -1.39. The summed E-state index contributed by atoms with van der Waals surface area (Å²) >= 11 is 0. The molecule has 1 aliphatic carbocycles. The van der Waals surface area contributed by atoms with Gasteiger partial charge >= 0.3 is 5.97 Å². The largest absolute Gasteiger partial charge is 0.480 e. The van der Waals surface area contributed by atoms with E-state index >= 15 is 0 Å². The lowest BCUT2D eigenvalue weighted by Gasteiger charge is -2.26. The van der Waals surface area contributed by atoms with Gasteiger partial charge in [-0.15, -0.1) is 10.2 Å². The summed E-state index contributed by atoms with van der Waals surface area (Å²) in [7, 11) is 0. The van der Waals surface area contributed by atoms with Crippen LogP contribution in [0.4, 0.5) is 0 Å². The Labute approximate surface area is 114 Å². The summed E-state index contributed by atoms with van der Waals surface area (Å²) in [5.74, 6) is 1.18. The molecule has 0 radical (unpaired) electrons. The molecule has 1 N–H and O–H groups in total. The summed E-state index contributed by atoms with van der Waals surface area (Å²) in [4.78, 5) is 11.6. The lowest BCUT2D eigenvalue weighted by Crippen LogP contribution is -2.28. The van der Waals surface area contributed by atoms with E-state index in [1.165, 1.54) is 19.3 Å². The van der Waals surface area contributed by atoms with Crippen LogP contribution < -0.4 is 0 Å². The zero-order valence-corrected chi connectivity index (χ0v) is 12.0. The molecule has 0 bridgehead atoms. The molecule has 1 fully saturated rings. The van der Waals surface area contributed by atoms with Gasteiger partial charge in [0.15, 0.2) is 0 Å². The van der Waals surface area contributed by atoms with Crippen molar-refractivity contribution in [3.8, 4) is 0 Å². The molecule has 1 atom stereocenters. The standard InChI is InChI=1S/C14H23N3O2/c1-9(2)12(14(18)19)17-10(3)15-16-13(17)11-7-5-4-6-8-11/h9,11-12H,4-8H2,1-3H3,(H,18,19). The van der Waals surface area contributed by atoms with Gasteiger partial charge in [0.2, 0.25) is 0 Å². The molecule has 0 aromatic carbocycles. The molecule has 0 aliphatic heterocycles. The second-order valence-electron chi connectivity index (χ2n) is 5.84. The van der Waals surface area contributed by atoms with Gasteiger partial charge in [0.25, 0.3) is 0 Å². The van der Waals surface area contributed by atoms with E-state index in [1.807, 2.05) is 25.3 Å². The Morgan fingerprint density at radius 3 is 2.42 bits per heavy atom. The van der Waals surface area contributed by atoms with E-state index in [-0.39, 0.29) is 5.92 Å². The molecule has 0 amide bonds. The first-order valence-corrected chi connectivity index (χ1v) is 7.16. The molecule has 0 saturated heterocycles. The van der Waals surface area contributed by atoms with Crippen molar-refractivity contribution in [2.45, 2.75) is 64.8 Å². The van der Waals surface area contributed by atoms with Crippen molar-refractivity contribution in [1.29, 1.82) is 0 Å². The average molecular weight is 265 g/mol. The van der Waals surface area contributed by atoms with E-state index in [1.54, 1.807) is 0 Å². The fraction of sp³-hybridized carbons (Fsp3) is 0.786.